The van der Waals surface area contributed by atoms with Crippen LogP contribution in [0.25, 0.3) is 0 Å². The van der Waals surface area contributed by atoms with Crippen LogP contribution in [0.4, 0.5) is 4.39 Å². The van der Waals surface area contributed by atoms with Crippen LogP contribution in [0.1, 0.15) is 24.5 Å². The minimum Gasteiger partial charge on any atom is -0.489 e. The van der Waals surface area contributed by atoms with Crippen molar-refractivity contribution >= 4 is 27.3 Å². The Morgan fingerprint density at radius 1 is 1.25 bits per heavy atom. The molecule has 2 aromatic carbocycles. The maximum atomic E-state index is 13.8. The molecule has 2 N–H and O–H groups in total. The molecule has 2 aromatic rings. The lowest BCUT2D eigenvalue weighted by Crippen LogP contribution is -2.49. The Morgan fingerprint density at radius 2 is 1.89 bits per heavy atom. The number of carbonyl (C=O) groups excluding carboxylic acids is 1. The highest BCUT2D eigenvalue weighted by molar-refractivity contribution is 7.92. The van der Waals surface area contributed by atoms with Gasteiger partial charge in [0, 0.05) is 16.8 Å². The number of hydrogen-bond donors (Lipinski definition) is 2. The Morgan fingerprint density at radius 3 is 2.43 bits per heavy atom. The fourth-order valence-electron chi connectivity index (χ4n) is 2.52. The molecular formula is C19H21ClFNO5S. The third kappa shape index (κ3) is 5.21. The van der Waals surface area contributed by atoms with Crippen LogP contribution in [0.5, 0.6) is 5.75 Å². The minimum absolute atomic E-state index is 0.00554. The van der Waals surface area contributed by atoms with Gasteiger partial charge in [0.1, 0.15) is 22.9 Å². The Hall–Kier alpha value is -2.16. The summed E-state index contributed by atoms with van der Waals surface area (Å²) in [5.74, 6) is -0.914. The highest BCUT2D eigenvalue weighted by Gasteiger charge is 2.43. The number of halogens is 2. The molecule has 28 heavy (non-hydrogen) atoms. The van der Waals surface area contributed by atoms with Gasteiger partial charge >= 0.3 is 0 Å². The van der Waals surface area contributed by atoms with Gasteiger partial charge in [0.05, 0.1) is 0 Å². The SMILES string of the molecule is CC(CCc1ccc(OCc2ccc(Cl)cc2F)cc1)(C(=O)NO)S(C)(=O)=O. The van der Waals surface area contributed by atoms with Crippen molar-refractivity contribution in [1.82, 2.24) is 5.48 Å². The first kappa shape index (κ1) is 22.1. The third-order valence-corrected chi connectivity index (χ3v) is 6.89. The molecule has 0 saturated carbocycles. The quantitative estimate of drug-likeness (QED) is 0.496. The maximum Gasteiger partial charge on any atom is 0.264 e. The molecule has 9 heteroatoms. The molecular weight excluding hydrogens is 409 g/mol. The lowest BCUT2D eigenvalue weighted by Gasteiger charge is -2.25. The van der Waals surface area contributed by atoms with Gasteiger partial charge in [-0.2, -0.15) is 0 Å². The first-order chi connectivity index (χ1) is 13.1. The lowest BCUT2D eigenvalue weighted by molar-refractivity contribution is -0.131. The second-order valence-corrected chi connectivity index (χ2v) is 9.49. The Bertz CT molecular complexity index is 949. The van der Waals surface area contributed by atoms with Crippen LogP contribution in [0.3, 0.4) is 0 Å². The number of hydrogen-bond acceptors (Lipinski definition) is 5. The van der Waals surface area contributed by atoms with Crippen LogP contribution >= 0.6 is 11.6 Å². The average Bonchev–Trinajstić information content (AvgIpc) is 2.64. The number of rotatable bonds is 8. The third-order valence-electron chi connectivity index (χ3n) is 4.62. The van der Waals surface area contributed by atoms with E-state index in [0.717, 1.165) is 11.8 Å². The molecule has 0 aliphatic carbocycles. The molecule has 1 amide bonds. The van der Waals surface area contributed by atoms with Gasteiger partial charge in [0.15, 0.2) is 9.84 Å². The van der Waals surface area contributed by atoms with Crippen LogP contribution in [-0.2, 0) is 27.7 Å². The summed E-state index contributed by atoms with van der Waals surface area (Å²) in [6, 6.07) is 11.1. The Balaban J connectivity index is 2.01. The first-order valence-electron chi connectivity index (χ1n) is 8.36. The summed E-state index contributed by atoms with van der Waals surface area (Å²) < 4.78 is 41.5. The van der Waals surface area contributed by atoms with Gasteiger partial charge in [0.25, 0.3) is 5.91 Å². The van der Waals surface area contributed by atoms with Crippen molar-refractivity contribution in [2.24, 2.45) is 0 Å². The fourth-order valence-corrected chi connectivity index (χ4v) is 3.53. The molecule has 1 atom stereocenters. The van der Waals surface area contributed by atoms with Gasteiger partial charge in [-0.1, -0.05) is 29.8 Å². The Labute approximate surface area is 168 Å². The van der Waals surface area contributed by atoms with E-state index in [4.69, 9.17) is 21.5 Å². The molecule has 2 rings (SSSR count). The summed E-state index contributed by atoms with van der Waals surface area (Å²) in [5.41, 5.74) is 2.57. The summed E-state index contributed by atoms with van der Waals surface area (Å²) in [4.78, 5) is 11.8. The number of hydroxylamine groups is 1. The van der Waals surface area contributed by atoms with Gasteiger partial charge in [0.2, 0.25) is 0 Å². The molecule has 0 heterocycles. The van der Waals surface area contributed by atoms with Crippen molar-refractivity contribution in [1.29, 1.82) is 0 Å². The summed E-state index contributed by atoms with van der Waals surface area (Å²) in [6.45, 7) is 1.30. The van der Waals surface area contributed by atoms with E-state index < -0.39 is 26.3 Å². The molecule has 6 nitrogen and oxygen atoms in total. The predicted molar refractivity (Wildman–Crippen MR) is 104 cm³/mol. The second kappa shape index (κ2) is 8.89. The molecule has 0 aliphatic heterocycles. The number of aryl methyl sites for hydroxylation is 1. The van der Waals surface area contributed by atoms with E-state index in [1.54, 1.807) is 36.4 Å². The maximum absolute atomic E-state index is 13.8. The molecule has 0 bridgehead atoms. The number of nitrogens with one attached hydrogen (secondary N) is 1. The monoisotopic (exact) mass is 429 g/mol. The summed E-state index contributed by atoms with van der Waals surface area (Å²) in [6.07, 6.45) is 1.24. The van der Waals surface area contributed by atoms with E-state index in [-0.39, 0.29) is 13.0 Å². The van der Waals surface area contributed by atoms with E-state index in [9.17, 15) is 17.6 Å². The molecule has 0 fully saturated rings. The summed E-state index contributed by atoms with van der Waals surface area (Å²) in [7, 11) is -3.74. The zero-order chi connectivity index (χ0) is 20.9. The van der Waals surface area contributed by atoms with Gasteiger partial charge in [-0.25, -0.2) is 18.3 Å². The normalized spacial score (nSPS) is 13.6. The average molecular weight is 430 g/mol. The lowest BCUT2D eigenvalue weighted by atomic mass is 9.99. The largest absolute Gasteiger partial charge is 0.489 e. The van der Waals surface area contributed by atoms with E-state index >= 15 is 0 Å². The standard InChI is InChI=1S/C19H21ClFNO5S/c1-19(18(23)22-24,28(2,25)26)10-9-13-3-7-16(8-4-13)27-12-14-5-6-15(20)11-17(14)21/h3-8,11,24H,9-10,12H2,1-2H3,(H,22,23). The molecule has 0 saturated heterocycles. The van der Waals surface area contributed by atoms with Gasteiger partial charge < -0.3 is 4.74 Å². The van der Waals surface area contributed by atoms with Gasteiger partial charge in [-0.3, -0.25) is 10.0 Å². The number of amides is 1. The van der Waals surface area contributed by atoms with E-state index in [0.29, 0.717) is 22.8 Å². The number of sulfone groups is 1. The zero-order valence-electron chi connectivity index (χ0n) is 15.4. The molecule has 1 unspecified atom stereocenters. The highest BCUT2D eigenvalue weighted by atomic mass is 35.5. The van der Waals surface area contributed by atoms with E-state index in [1.165, 1.54) is 18.5 Å². The molecule has 0 aliphatic rings. The first-order valence-corrected chi connectivity index (χ1v) is 10.6. The van der Waals surface area contributed by atoms with Crippen molar-refractivity contribution in [3.63, 3.8) is 0 Å². The minimum atomic E-state index is -3.74. The summed E-state index contributed by atoms with van der Waals surface area (Å²) in [5, 5.41) is 9.15. The van der Waals surface area contributed by atoms with Crippen LogP contribution in [0.2, 0.25) is 5.02 Å². The van der Waals surface area contributed by atoms with Crippen LogP contribution in [0.15, 0.2) is 42.5 Å². The number of ether oxygens (including phenoxy) is 1. The van der Waals surface area contributed by atoms with Gasteiger partial charge in [-0.05, 0) is 49.6 Å². The molecule has 0 radical (unpaired) electrons. The fraction of sp³-hybridized carbons (Fsp3) is 0.316. The van der Waals surface area contributed by atoms with Crippen LogP contribution in [-0.4, -0.2) is 30.5 Å². The molecule has 0 aromatic heterocycles. The Kier molecular flexibility index (Phi) is 7.03. The van der Waals surface area contributed by atoms with Crippen LogP contribution < -0.4 is 10.2 Å². The van der Waals surface area contributed by atoms with Crippen molar-refractivity contribution in [2.75, 3.05) is 6.26 Å². The van der Waals surface area contributed by atoms with Crippen molar-refractivity contribution in [3.05, 3.63) is 64.4 Å². The second-order valence-electron chi connectivity index (χ2n) is 6.61. The van der Waals surface area contributed by atoms with Crippen molar-refractivity contribution in [3.8, 4) is 5.75 Å². The number of carbonyl (C=O) groups is 1. The van der Waals surface area contributed by atoms with E-state index in [2.05, 4.69) is 0 Å². The highest BCUT2D eigenvalue weighted by Crippen LogP contribution is 2.25. The predicted octanol–water partition coefficient (Wildman–Crippen LogP) is 3.30. The zero-order valence-corrected chi connectivity index (χ0v) is 17.0. The van der Waals surface area contributed by atoms with Crippen molar-refractivity contribution in [2.45, 2.75) is 31.1 Å². The summed E-state index contributed by atoms with van der Waals surface area (Å²) >= 11 is 5.71. The topological polar surface area (TPSA) is 92.7 Å². The van der Waals surface area contributed by atoms with E-state index in [1.807, 2.05) is 0 Å². The smallest absolute Gasteiger partial charge is 0.264 e. The molecule has 152 valence electrons. The molecule has 0 spiro atoms. The van der Waals surface area contributed by atoms with Crippen LogP contribution in [0, 0.1) is 5.82 Å². The van der Waals surface area contributed by atoms with Crippen molar-refractivity contribution < 1.29 is 27.5 Å². The number of benzene rings is 2. The van der Waals surface area contributed by atoms with Gasteiger partial charge in [-0.15, -0.1) is 0 Å².